The smallest absolute Gasteiger partial charge is 0.262 e. The molecule has 0 unspecified atom stereocenters. The molecule has 0 fully saturated rings. The summed E-state index contributed by atoms with van der Waals surface area (Å²) >= 11 is 0. The van der Waals surface area contributed by atoms with Crippen LogP contribution in [0, 0.1) is 13.8 Å². The van der Waals surface area contributed by atoms with Crippen LogP contribution < -0.4 is 14.8 Å². The molecule has 24 heavy (non-hydrogen) atoms. The number of carbonyl (C=O) groups is 1. The largest absolute Gasteiger partial charge is 0.489 e. The van der Waals surface area contributed by atoms with Crippen molar-refractivity contribution in [3.63, 3.8) is 0 Å². The number of carbonyl (C=O) groups excluding carboxylic acids is 1. The zero-order chi connectivity index (χ0) is 17.5. The summed E-state index contributed by atoms with van der Waals surface area (Å²) in [7, 11) is 0. The highest BCUT2D eigenvalue weighted by Gasteiger charge is 2.06. The molecule has 0 aromatic heterocycles. The third kappa shape index (κ3) is 5.47. The standard InChI is InChI=1S/C20H23NO3/c1-14(2)12-23-18-9-7-17(8-10-18)21-20(22)13-24-19-11-15(3)5-6-16(19)4/h5-11H,1,12-13H2,2-4H3,(H,21,22). The summed E-state index contributed by atoms with van der Waals surface area (Å²) in [6.45, 7) is 10.1. The minimum atomic E-state index is -0.202. The zero-order valence-corrected chi connectivity index (χ0v) is 14.4. The average molecular weight is 325 g/mol. The Morgan fingerprint density at radius 2 is 1.75 bits per heavy atom. The number of rotatable bonds is 7. The van der Waals surface area contributed by atoms with Crippen molar-refractivity contribution in [2.75, 3.05) is 18.5 Å². The highest BCUT2D eigenvalue weighted by Crippen LogP contribution is 2.19. The van der Waals surface area contributed by atoms with E-state index in [0.29, 0.717) is 12.3 Å². The van der Waals surface area contributed by atoms with Crippen molar-refractivity contribution in [1.29, 1.82) is 0 Å². The first-order valence-electron chi connectivity index (χ1n) is 7.81. The summed E-state index contributed by atoms with van der Waals surface area (Å²) in [5.74, 6) is 1.27. The van der Waals surface area contributed by atoms with Gasteiger partial charge >= 0.3 is 0 Å². The third-order valence-corrected chi connectivity index (χ3v) is 3.33. The summed E-state index contributed by atoms with van der Waals surface area (Å²) < 4.78 is 11.1. The summed E-state index contributed by atoms with van der Waals surface area (Å²) in [4.78, 5) is 12.0. The van der Waals surface area contributed by atoms with Gasteiger partial charge in [0.1, 0.15) is 18.1 Å². The molecule has 2 aromatic carbocycles. The van der Waals surface area contributed by atoms with E-state index >= 15 is 0 Å². The maximum absolute atomic E-state index is 12.0. The molecule has 0 saturated heterocycles. The van der Waals surface area contributed by atoms with Crippen molar-refractivity contribution >= 4 is 11.6 Å². The predicted molar refractivity (Wildman–Crippen MR) is 96.8 cm³/mol. The second kappa shape index (κ2) is 8.20. The molecule has 4 nitrogen and oxygen atoms in total. The maximum atomic E-state index is 12.0. The van der Waals surface area contributed by atoms with Crippen LogP contribution in [0.2, 0.25) is 0 Å². The van der Waals surface area contributed by atoms with E-state index < -0.39 is 0 Å². The fourth-order valence-electron chi connectivity index (χ4n) is 2.04. The highest BCUT2D eigenvalue weighted by molar-refractivity contribution is 5.91. The van der Waals surface area contributed by atoms with Crippen molar-refractivity contribution in [2.24, 2.45) is 0 Å². The van der Waals surface area contributed by atoms with Crippen LogP contribution in [-0.4, -0.2) is 19.1 Å². The Morgan fingerprint density at radius 1 is 1.04 bits per heavy atom. The lowest BCUT2D eigenvalue weighted by Crippen LogP contribution is -2.20. The van der Waals surface area contributed by atoms with Gasteiger partial charge in [-0.15, -0.1) is 0 Å². The van der Waals surface area contributed by atoms with E-state index in [1.807, 2.05) is 51.1 Å². The van der Waals surface area contributed by atoms with Crippen LogP contribution in [0.1, 0.15) is 18.1 Å². The quantitative estimate of drug-likeness (QED) is 0.773. The van der Waals surface area contributed by atoms with E-state index in [2.05, 4.69) is 11.9 Å². The van der Waals surface area contributed by atoms with Crippen LogP contribution >= 0.6 is 0 Å². The molecule has 0 heterocycles. The van der Waals surface area contributed by atoms with Gasteiger partial charge in [-0.3, -0.25) is 4.79 Å². The minimum Gasteiger partial charge on any atom is -0.489 e. The van der Waals surface area contributed by atoms with Gasteiger partial charge in [0.05, 0.1) is 0 Å². The predicted octanol–water partition coefficient (Wildman–Crippen LogP) is 4.28. The molecule has 0 aliphatic rings. The number of benzene rings is 2. The van der Waals surface area contributed by atoms with Crippen molar-refractivity contribution in [3.05, 3.63) is 65.7 Å². The van der Waals surface area contributed by atoms with E-state index in [9.17, 15) is 4.79 Å². The Labute approximate surface area is 143 Å². The Kier molecular flexibility index (Phi) is 6.01. The Balaban J connectivity index is 1.85. The summed E-state index contributed by atoms with van der Waals surface area (Å²) in [5.41, 5.74) is 3.76. The number of hydrogen-bond acceptors (Lipinski definition) is 3. The Morgan fingerprint density at radius 3 is 2.42 bits per heavy atom. The third-order valence-electron chi connectivity index (χ3n) is 3.33. The second-order valence-electron chi connectivity index (χ2n) is 5.88. The van der Waals surface area contributed by atoms with Gasteiger partial charge in [0.2, 0.25) is 0 Å². The molecule has 0 spiro atoms. The van der Waals surface area contributed by atoms with Gasteiger partial charge in [0.25, 0.3) is 5.91 Å². The van der Waals surface area contributed by atoms with Gasteiger partial charge in [0, 0.05) is 5.69 Å². The first-order chi connectivity index (χ1) is 11.4. The van der Waals surface area contributed by atoms with E-state index in [1.54, 1.807) is 12.1 Å². The monoisotopic (exact) mass is 325 g/mol. The number of anilines is 1. The molecule has 0 atom stereocenters. The van der Waals surface area contributed by atoms with Gasteiger partial charge in [-0.1, -0.05) is 18.7 Å². The Bertz CT molecular complexity index is 720. The van der Waals surface area contributed by atoms with E-state index in [0.717, 1.165) is 28.2 Å². The van der Waals surface area contributed by atoms with Crippen molar-refractivity contribution in [2.45, 2.75) is 20.8 Å². The molecule has 2 aromatic rings. The lowest BCUT2D eigenvalue weighted by atomic mass is 10.1. The van der Waals surface area contributed by atoms with Crippen molar-refractivity contribution in [1.82, 2.24) is 0 Å². The molecule has 0 saturated carbocycles. The van der Waals surface area contributed by atoms with E-state index in [-0.39, 0.29) is 12.5 Å². The molecule has 0 aliphatic carbocycles. The van der Waals surface area contributed by atoms with Gasteiger partial charge in [-0.25, -0.2) is 0 Å². The van der Waals surface area contributed by atoms with E-state index in [4.69, 9.17) is 9.47 Å². The molecule has 0 bridgehead atoms. The first kappa shape index (κ1) is 17.6. The lowest BCUT2D eigenvalue weighted by Gasteiger charge is -2.11. The normalized spacial score (nSPS) is 10.1. The van der Waals surface area contributed by atoms with Crippen molar-refractivity contribution in [3.8, 4) is 11.5 Å². The molecular formula is C20H23NO3. The molecule has 4 heteroatoms. The molecular weight excluding hydrogens is 302 g/mol. The van der Waals surface area contributed by atoms with Crippen LogP contribution in [0.3, 0.4) is 0 Å². The molecule has 1 N–H and O–H groups in total. The fourth-order valence-corrected chi connectivity index (χ4v) is 2.04. The second-order valence-corrected chi connectivity index (χ2v) is 5.88. The van der Waals surface area contributed by atoms with Gasteiger partial charge in [-0.05, 0) is 67.8 Å². The molecule has 2 rings (SSSR count). The van der Waals surface area contributed by atoms with Crippen LogP contribution in [0.4, 0.5) is 5.69 Å². The van der Waals surface area contributed by atoms with Crippen LogP contribution in [0.25, 0.3) is 0 Å². The summed E-state index contributed by atoms with van der Waals surface area (Å²) in [6.07, 6.45) is 0. The van der Waals surface area contributed by atoms with E-state index in [1.165, 1.54) is 0 Å². The van der Waals surface area contributed by atoms with Crippen LogP contribution in [0.15, 0.2) is 54.6 Å². The topological polar surface area (TPSA) is 47.6 Å². The van der Waals surface area contributed by atoms with Crippen LogP contribution in [0.5, 0.6) is 11.5 Å². The lowest BCUT2D eigenvalue weighted by molar-refractivity contribution is -0.118. The highest BCUT2D eigenvalue weighted by atomic mass is 16.5. The molecule has 126 valence electrons. The van der Waals surface area contributed by atoms with Crippen molar-refractivity contribution < 1.29 is 14.3 Å². The number of ether oxygens (including phenoxy) is 2. The zero-order valence-electron chi connectivity index (χ0n) is 14.4. The van der Waals surface area contributed by atoms with Gasteiger partial charge in [0.15, 0.2) is 6.61 Å². The summed E-state index contributed by atoms with van der Waals surface area (Å²) in [6, 6.07) is 13.1. The molecule has 0 radical (unpaired) electrons. The average Bonchev–Trinajstić information content (AvgIpc) is 2.55. The first-order valence-corrected chi connectivity index (χ1v) is 7.81. The Hall–Kier alpha value is -2.75. The summed E-state index contributed by atoms with van der Waals surface area (Å²) in [5, 5.41) is 2.80. The SMILES string of the molecule is C=C(C)COc1ccc(NC(=O)COc2cc(C)ccc2C)cc1. The fraction of sp³-hybridized carbons (Fsp3) is 0.250. The number of aryl methyl sites for hydroxylation is 2. The van der Waals surface area contributed by atoms with Gasteiger partial charge in [-0.2, -0.15) is 0 Å². The molecule has 0 aliphatic heterocycles. The number of amides is 1. The molecule has 1 amide bonds. The van der Waals surface area contributed by atoms with Gasteiger partial charge < -0.3 is 14.8 Å². The van der Waals surface area contributed by atoms with Crippen LogP contribution in [-0.2, 0) is 4.79 Å². The maximum Gasteiger partial charge on any atom is 0.262 e. The minimum absolute atomic E-state index is 0.0296. The number of hydrogen-bond donors (Lipinski definition) is 1. The number of nitrogens with one attached hydrogen (secondary N) is 1.